The molecule has 0 bridgehead atoms. The van der Waals surface area contributed by atoms with E-state index in [1.165, 1.54) is 22.5 Å². The standard InChI is InChI=1S/C24H22N2O3S2/c1-16-8-11-20(12-9-16)25-14-4-6-19-15-18(10-13-21(19)25)5-3-7-22-23(27)26(17(2)29-28)24(30)31-22/h3,5,7-13,15,28H,2,4,6,14H2,1H3/b5-3+,22-7-. The van der Waals surface area contributed by atoms with Crippen LogP contribution in [0.5, 0.6) is 0 Å². The number of aryl methyl sites for hydroxylation is 2. The van der Waals surface area contributed by atoms with Crippen molar-refractivity contribution < 1.29 is 14.9 Å². The molecule has 158 valence electrons. The van der Waals surface area contributed by atoms with Crippen LogP contribution in [0.25, 0.3) is 6.08 Å². The van der Waals surface area contributed by atoms with Crippen molar-refractivity contribution in [1.29, 1.82) is 0 Å². The third kappa shape index (κ3) is 4.44. The van der Waals surface area contributed by atoms with E-state index < -0.39 is 0 Å². The summed E-state index contributed by atoms with van der Waals surface area (Å²) >= 11 is 6.29. The largest absolute Gasteiger partial charge is 0.341 e. The Bertz CT molecular complexity index is 1110. The zero-order valence-corrected chi connectivity index (χ0v) is 18.7. The number of amides is 1. The molecule has 2 heterocycles. The first-order valence-electron chi connectivity index (χ1n) is 9.90. The summed E-state index contributed by atoms with van der Waals surface area (Å²) in [6.45, 7) is 6.58. The predicted molar refractivity (Wildman–Crippen MR) is 130 cm³/mol. The van der Waals surface area contributed by atoms with Crippen molar-refractivity contribution >= 4 is 51.7 Å². The molecule has 0 unspecified atom stereocenters. The fourth-order valence-corrected chi connectivity index (χ4v) is 4.94. The molecule has 1 fully saturated rings. The maximum atomic E-state index is 12.4. The van der Waals surface area contributed by atoms with Crippen molar-refractivity contribution in [2.24, 2.45) is 0 Å². The molecule has 0 saturated carbocycles. The number of hydrogen-bond acceptors (Lipinski definition) is 6. The molecule has 4 rings (SSSR count). The van der Waals surface area contributed by atoms with Crippen LogP contribution in [0.4, 0.5) is 11.4 Å². The number of thioether (sulfide) groups is 1. The number of hydrogen-bond donors (Lipinski definition) is 1. The summed E-state index contributed by atoms with van der Waals surface area (Å²) in [5.74, 6) is -0.569. The lowest BCUT2D eigenvalue weighted by Crippen LogP contribution is -2.27. The van der Waals surface area contributed by atoms with E-state index in [4.69, 9.17) is 17.5 Å². The van der Waals surface area contributed by atoms with Gasteiger partial charge in [-0.1, -0.05) is 59.9 Å². The van der Waals surface area contributed by atoms with Gasteiger partial charge in [0, 0.05) is 17.9 Å². The van der Waals surface area contributed by atoms with Crippen molar-refractivity contribution in [2.75, 3.05) is 11.4 Å². The Hall–Kier alpha value is -2.87. The predicted octanol–water partition coefficient (Wildman–Crippen LogP) is 5.80. The van der Waals surface area contributed by atoms with E-state index in [-0.39, 0.29) is 16.1 Å². The van der Waals surface area contributed by atoms with Gasteiger partial charge in [0.1, 0.15) is 0 Å². The van der Waals surface area contributed by atoms with Crippen LogP contribution in [-0.2, 0) is 16.1 Å². The number of benzene rings is 2. The molecule has 1 saturated heterocycles. The van der Waals surface area contributed by atoms with Crippen LogP contribution < -0.4 is 4.90 Å². The number of thiocarbonyl (C=S) groups is 1. The van der Waals surface area contributed by atoms with Gasteiger partial charge in [0.05, 0.1) is 4.91 Å². The van der Waals surface area contributed by atoms with Crippen molar-refractivity contribution in [1.82, 2.24) is 4.90 Å². The maximum Gasteiger partial charge on any atom is 0.273 e. The Labute approximate surface area is 191 Å². The number of fused-ring (bicyclic) bond motifs is 1. The van der Waals surface area contributed by atoms with Gasteiger partial charge in [-0.3, -0.25) is 4.79 Å². The summed E-state index contributed by atoms with van der Waals surface area (Å²) in [6, 6.07) is 15.1. The molecule has 0 radical (unpaired) electrons. The minimum Gasteiger partial charge on any atom is -0.341 e. The Morgan fingerprint density at radius 3 is 2.77 bits per heavy atom. The van der Waals surface area contributed by atoms with Crippen LogP contribution in [0.15, 0.2) is 72.0 Å². The lowest BCUT2D eigenvalue weighted by atomic mass is 9.98. The number of allylic oxidation sites excluding steroid dienone is 2. The third-order valence-electron chi connectivity index (χ3n) is 5.25. The summed E-state index contributed by atoms with van der Waals surface area (Å²) in [6.07, 6.45) is 7.66. The molecule has 1 N–H and O–H groups in total. The molecule has 0 aliphatic carbocycles. The van der Waals surface area contributed by atoms with Crippen LogP contribution in [-0.4, -0.2) is 26.9 Å². The van der Waals surface area contributed by atoms with Crippen LogP contribution >= 0.6 is 24.0 Å². The van der Waals surface area contributed by atoms with Gasteiger partial charge in [-0.25, -0.2) is 10.2 Å². The van der Waals surface area contributed by atoms with E-state index >= 15 is 0 Å². The quantitative estimate of drug-likeness (QED) is 0.204. The van der Waals surface area contributed by atoms with Gasteiger partial charge in [0.2, 0.25) is 5.88 Å². The lowest BCUT2D eigenvalue weighted by molar-refractivity contribution is -0.217. The molecule has 0 spiro atoms. The van der Waals surface area contributed by atoms with E-state index in [1.807, 2.05) is 12.2 Å². The molecular weight excluding hydrogens is 428 g/mol. The summed E-state index contributed by atoms with van der Waals surface area (Å²) in [4.78, 5) is 20.3. The molecule has 2 aliphatic heterocycles. The van der Waals surface area contributed by atoms with E-state index in [1.54, 1.807) is 6.08 Å². The van der Waals surface area contributed by atoms with Gasteiger partial charge >= 0.3 is 0 Å². The number of anilines is 2. The summed E-state index contributed by atoms with van der Waals surface area (Å²) < 4.78 is 0.272. The van der Waals surface area contributed by atoms with Gasteiger partial charge < -0.3 is 9.79 Å². The molecule has 5 nitrogen and oxygen atoms in total. The van der Waals surface area contributed by atoms with Gasteiger partial charge in [-0.05, 0) is 67.8 Å². The highest BCUT2D eigenvalue weighted by Gasteiger charge is 2.34. The van der Waals surface area contributed by atoms with Crippen molar-refractivity contribution in [3.63, 3.8) is 0 Å². The van der Waals surface area contributed by atoms with Crippen LogP contribution in [0.3, 0.4) is 0 Å². The Morgan fingerprint density at radius 2 is 2.03 bits per heavy atom. The van der Waals surface area contributed by atoms with E-state index in [0.29, 0.717) is 4.91 Å². The Kier molecular flexibility index (Phi) is 6.27. The fourth-order valence-electron chi connectivity index (χ4n) is 3.70. The smallest absolute Gasteiger partial charge is 0.273 e. The highest BCUT2D eigenvalue weighted by Crippen LogP contribution is 2.35. The van der Waals surface area contributed by atoms with Crippen molar-refractivity contribution in [3.8, 4) is 0 Å². The van der Waals surface area contributed by atoms with Crippen molar-refractivity contribution in [2.45, 2.75) is 19.8 Å². The first kappa shape index (κ1) is 21.4. The highest BCUT2D eigenvalue weighted by atomic mass is 32.2. The van der Waals surface area contributed by atoms with E-state index in [0.717, 1.165) is 41.6 Å². The minimum atomic E-state index is -0.363. The molecule has 2 aliphatic rings. The summed E-state index contributed by atoms with van der Waals surface area (Å²) in [5, 5.41) is 8.74. The van der Waals surface area contributed by atoms with Crippen LogP contribution in [0.2, 0.25) is 0 Å². The third-order valence-corrected chi connectivity index (χ3v) is 6.57. The SMILES string of the molecule is C=C(OO)N1C(=O)/C(=C/C=C/c2ccc3c(c2)CCCN3c2ccc(C)cc2)SC1=S. The average molecular weight is 451 g/mol. The molecule has 2 aromatic rings. The molecule has 31 heavy (non-hydrogen) atoms. The fraction of sp³-hybridized carbons (Fsp3) is 0.167. The van der Waals surface area contributed by atoms with Gasteiger partial charge in [0.25, 0.3) is 5.91 Å². The average Bonchev–Trinajstić information content (AvgIpc) is 3.06. The highest BCUT2D eigenvalue weighted by molar-refractivity contribution is 8.26. The van der Waals surface area contributed by atoms with Crippen molar-refractivity contribution in [3.05, 3.63) is 88.7 Å². The van der Waals surface area contributed by atoms with Gasteiger partial charge in [-0.15, -0.1) is 0 Å². The first-order chi connectivity index (χ1) is 15.0. The molecule has 7 heteroatoms. The number of carbonyl (C=O) groups is 1. The lowest BCUT2D eigenvalue weighted by Gasteiger charge is -2.31. The van der Waals surface area contributed by atoms with Gasteiger partial charge in [0.15, 0.2) is 4.32 Å². The van der Waals surface area contributed by atoms with Crippen LogP contribution in [0, 0.1) is 6.92 Å². The summed E-state index contributed by atoms with van der Waals surface area (Å²) in [7, 11) is 0. The van der Waals surface area contributed by atoms with E-state index in [9.17, 15) is 4.79 Å². The molecular formula is C24H22N2O3S2. The van der Waals surface area contributed by atoms with Gasteiger partial charge in [-0.2, -0.15) is 0 Å². The second-order valence-corrected chi connectivity index (χ2v) is 9.04. The monoisotopic (exact) mass is 450 g/mol. The topological polar surface area (TPSA) is 53.0 Å². The second kappa shape index (κ2) is 9.09. The Balaban J connectivity index is 1.52. The number of rotatable bonds is 5. The first-order valence-corrected chi connectivity index (χ1v) is 11.1. The Morgan fingerprint density at radius 1 is 1.26 bits per heavy atom. The zero-order valence-electron chi connectivity index (χ0n) is 17.1. The second-order valence-electron chi connectivity index (χ2n) is 7.36. The molecule has 1 amide bonds. The normalized spacial score (nSPS) is 17.5. The molecule has 0 aromatic heterocycles. The molecule has 2 aromatic carbocycles. The summed E-state index contributed by atoms with van der Waals surface area (Å²) in [5.41, 5.74) is 6.10. The van der Waals surface area contributed by atoms with Crippen LogP contribution in [0.1, 0.15) is 23.1 Å². The van der Waals surface area contributed by atoms with E-state index in [2.05, 4.69) is 65.8 Å². The maximum absolute atomic E-state index is 12.4. The molecule has 0 atom stereocenters. The number of carbonyl (C=O) groups excluding carboxylic acids is 1. The zero-order chi connectivity index (χ0) is 22.0. The number of nitrogens with zero attached hydrogens (tertiary/aromatic N) is 2. The minimum absolute atomic E-state index is 0.206.